The second-order valence-electron chi connectivity index (χ2n) is 6.45. The van der Waals surface area contributed by atoms with Crippen molar-refractivity contribution in [3.8, 4) is 22.9 Å². The minimum atomic E-state index is -3.73. The van der Waals surface area contributed by atoms with Gasteiger partial charge in [0.15, 0.2) is 5.82 Å². The van der Waals surface area contributed by atoms with E-state index < -0.39 is 10.0 Å². The Morgan fingerprint density at radius 2 is 1.81 bits per heavy atom. The Balaban J connectivity index is 1.50. The van der Waals surface area contributed by atoms with Crippen molar-refractivity contribution in [3.63, 3.8) is 0 Å². The summed E-state index contributed by atoms with van der Waals surface area (Å²) in [5.41, 5.74) is 1.02. The molecule has 0 aliphatic carbocycles. The highest BCUT2D eigenvalue weighted by atomic mass is 32.2. The van der Waals surface area contributed by atoms with Gasteiger partial charge < -0.3 is 15.2 Å². The molecule has 3 N–H and O–H groups in total. The van der Waals surface area contributed by atoms with Crippen molar-refractivity contribution < 1.29 is 23.1 Å². The van der Waals surface area contributed by atoms with E-state index in [4.69, 9.17) is 4.74 Å². The number of aromatic nitrogens is 2. The predicted molar refractivity (Wildman–Crippen MR) is 115 cm³/mol. The van der Waals surface area contributed by atoms with Crippen LogP contribution < -0.4 is 14.8 Å². The molecule has 162 valence electrons. The van der Waals surface area contributed by atoms with Crippen molar-refractivity contribution in [3.05, 3.63) is 60.9 Å². The number of carbonyl (C=O) groups excluding carboxylic acids is 1. The second-order valence-corrected chi connectivity index (χ2v) is 8.21. The van der Waals surface area contributed by atoms with Gasteiger partial charge in [0.05, 0.1) is 29.6 Å². The number of hydrogen-bond acceptors (Lipinski definition) is 7. The molecule has 0 spiro atoms. The molecule has 3 rings (SSSR count). The average Bonchev–Trinajstić information content (AvgIpc) is 2.75. The van der Waals surface area contributed by atoms with Crippen molar-refractivity contribution in [2.75, 3.05) is 18.5 Å². The molecule has 9 nitrogen and oxygen atoms in total. The quantitative estimate of drug-likeness (QED) is 0.464. The number of phenolic OH excluding ortho intramolecular Hbond substituents is 1. The summed E-state index contributed by atoms with van der Waals surface area (Å²) in [5, 5.41) is 12.1. The summed E-state index contributed by atoms with van der Waals surface area (Å²) >= 11 is 0. The summed E-state index contributed by atoms with van der Waals surface area (Å²) in [7, 11) is -3.73. The normalized spacial score (nSPS) is 11.1. The Morgan fingerprint density at radius 1 is 1.10 bits per heavy atom. The van der Waals surface area contributed by atoms with Gasteiger partial charge in [0.2, 0.25) is 15.9 Å². The largest absolute Gasteiger partial charge is 0.508 e. The van der Waals surface area contributed by atoms with Crippen LogP contribution in [-0.4, -0.2) is 42.6 Å². The Kier molecular flexibility index (Phi) is 7.16. The lowest BCUT2D eigenvalue weighted by atomic mass is 10.2. The van der Waals surface area contributed by atoms with Crippen LogP contribution >= 0.6 is 0 Å². The minimum absolute atomic E-state index is 0.0649. The second kappa shape index (κ2) is 10.0. The first-order valence-electron chi connectivity index (χ1n) is 9.51. The molecule has 3 aromatic rings. The molecule has 0 aliphatic rings. The fourth-order valence-corrected chi connectivity index (χ4v) is 3.71. The van der Waals surface area contributed by atoms with Crippen LogP contribution in [0.25, 0.3) is 11.4 Å². The molecular weight excluding hydrogens is 420 g/mol. The highest BCUT2D eigenvalue weighted by Crippen LogP contribution is 2.20. The topological polar surface area (TPSA) is 131 Å². The third-order valence-electron chi connectivity index (χ3n) is 4.13. The van der Waals surface area contributed by atoms with E-state index >= 15 is 0 Å². The maximum atomic E-state index is 12.3. The van der Waals surface area contributed by atoms with Crippen LogP contribution in [0.2, 0.25) is 0 Å². The summed E-state index contributed by atoms with van der Waals surface area (Å²) in [5.74, 6) is 0.699. The van der Waals surface area contributed by atoms with Gasteiger partial charge in [-0.05, 0) is 43.3 Å². The summed E-state index contributed by atoms with van der Waals surface area (Å²) in [6.45, 7) is 2.26. The number of sulfonamides is 1. The highest BCUT2D eigenvalue weighted by molar-refractivity contribution is 7.89. The number of nitrogens with one attached hydrogen (secondary N) is 2. The maximum Gasteiger partial charge on any atom is 0.240 e. The van der Waals surface area contributed by atoms with Gasteiger partial charge in [-0.25, -0.2) is 23.1 Å². The highest BCUT2D eigenvalue weighted by Gasteiger charge is 2.14. The third-order valence-corrected chi connectivity index (χ3v) is 5.61. The van der Waals surface area contributed by atoms with Crippen molar-refractivity contribution in [2.24, 2.45) is 0 Å². The number of anilines is 1. The van der Waals surface area contributed by atoms with Crippen LogP contribution in [-0.2, 0) is 14.8 Å². The summed E-state index contributed by atoms with van der Waals surface area (Å²) in [6.07, 6.45) is 2.81. The van der Waals surface area contributed by atoms with Crippen molar-refractivity contribution in [1.29, 1.82) is 0 Å². The van der Waals surface area contributed by atoms with Gasteiger partial charge in [-0.2, -0.15) is 0 Å². The fourth-order valence-electron chi connectivity index (χ4n) is 2.67. The number of rotatable bonds is 9. The Morgan fingerprint density at radius 3 is 2.45 bits per heavy atom. The third kappa shape index (κ3) is 6.24. The molecule has 0 bridgehead atoms. The van der Waals surface area contributed by atoms with Gasteiger partial charge in [-0.1, -0.05) is 12.1 Å². The van der Waals surface area contributed by atoms with Crippen molar-refractivity contribution in [1.82, 2.24) is 14.7 Å². The number of hydrogen-bond donors (Lipinski definition) is 3. The van der Waals surface area contributed by atoms with Gasteiger partial charge in [0.25, 0.3) is 0 Å². The van der Waals surface area contributed by atoms with E-state index in [-0.39, 0.29) is 29.5 Å². The monoisotopic (exact) mass is 442 g/mol. The summed E-state index contributed by atoms with van der Waals surface area (Å²) < 4.78 is 32.3. The number of aromatic hydroxyl groups is 1. The summed E-state index contributed by atoms with van der Waals surface area (Å²) in [4.78, 5) is 20.5. The van der Waals surface area contributed by atoms with Gasteiger partial charge in [-0.15, -0.1) is 0 Å². The Labute approximate surface area is 180 Å². The number of phenols is 1. The van der Waals surface area contributed by atoms with E-state index in [0.717, 1.165) is 0 Å². The van der Waals surface area contributed by atoms with E-state index in [9.17, 15) is 18.3 Å². The first-order valence-corrected chi connectivity index (χ1v) is 11.0. The zero-order chi connectivity index (χ0) is 22.3. The molecule has 31 heavy (non-hydrogen) atoms. The zero-order valence-corrected chi connectivity index (χ0v) is 17.6. The lowest BCUT2D eigenvalue weighted by Gasteiger charge is -2.09. The number of nitrogens with zero attached hydrogens (tertiary/aromatic N) is 2. The molecule has 0 atom stereocenters. The van der Waals surface area contributed by atoms with Crippen LogP contribution in [0, 0.1) is 0 Å². The molecule has 0 radical (unpaired) electrons. The smallest absolute Gasteiger partial charge is 0.240 e. The van der Waals surface area contributed by atoms with E-state index in [0.29, 0.717) is 29.4 Å². The van der Waals surface area contributed by atoms with Crippen molar-refractivity contribution >= 4 is 21.6 Å². The van der Waals surface area contributed by atoms with Crippen LogP contribution in [0.5, 0.6) is 11.5 Å². The molecule has 0 saturated carbocycles. The molecule has 1 heterocycles. The molecule has 10 heteroatoms. The van der Waals surface area contributed by atoms with Gasteiger partial charge in [-0.3, -0.25) is 4.79 Å². The molecule has 0 fully saturated rings. The van der Waals surface area contributed by atoms with Crippen LogP contribution in [0.15, 0.2) is 65.8 Å². The number of benzene rings is 2. The molecule has 1 amide bonds. The van der Waals surface area contributed by atoms with E-state index in [1.165, 1.54) is 30.6 Å². The Hall–Kier alpha value is -3.50. The first-order chi connectivity index (χ1) is 14.9. The average molecular weight is 442 g/mol. The maximum absolute atomic E-state index is 12.3. The fraction of sp³-hybridized carbons (Fsp3) is 0.190. The number of carbonyl (C=O) groups is 1. The van der Waals surface area contributed by atoms with E-state index in [1.54, 1.807) is 30.3 Å². The summed E-state index contributed by atoms with van der Waals surface area (Å²) in [6, 6.07) is 12.5. The van der Waals surface area contributed by atoms with Crippen molar-refractivity contribution in [2.45, 2.75) is 18.2 Å². The molecule has 0 saturated heterocycles. The zero-order valence-electron chi connectivity index (χ0n) is 16.8. The van der Waals surface area contributed by atoms with E-state index in [1.807, 2.05) is 6.92 Å². The SMILES string of the molecule is CCOc1ccc(S(=O)(=O)NCCC(=O)Nc2cnc(-c3cccc(O)c3)nc2)cc1. The van der Waals surface area contributed by atoms with Gasteiger partial charge >= 0.3 is 0 Å². The molecule has 1 aromatic heterocycles. The van der Waals surface area contributed by atoms with Crippen LogP contribution in [0.1, 0.15) is 13.3 Å². The number of amides is 1. The van der Waals surface area contributed by atoms with Crippen LogP contribution in [0.3, 0.4) is 0 Å². The lowest BCUT2D eigenvalue weighted by molar-refractivity contribution is -0.116. The first kappa shape index (κ1) is 22.2. The lowest BCUT2D eigenvalue weighted by Crippen LogP contribution is -2.27. The van der Waals surface area contributed by atoms with Gasteiger partial charge in [0.1, 0.15) is 11.5 Å². The molecule has 0 aliphatic heterocycles. The molecular formula is C21H22N4O5S. The van der Waals surface area contributed by atoms with Crippen LogP contribution in [0.4, 0.5) is 5.69 Å². The molecule has 0 unspecified atom stereocenters. The standard InChI is InChI=1S/C21H22N4O5S/c1-2-30-18-6-8-19(9-7-18)31(28,29)24-11-10-20(27)25-16-13-22-21(23-14-16)15-4-3-5-17(26)12-15/h3-9,12-14,24,26H,2,10-11H2,1H3,(H,25,27). The number of ether oxygens (including phenoxy) is 1. The van der Waals surface area contributed by atoms with Gasteiger partial charge in [0, 0.05) is 18.5 Å². The molecule has 2 aromatic carbocycles. The minimum Gasteiger partial charge on any atom is -0.508 e. The predicted octanol–water partition coefficient (Wildman–Crippen LogP) is 2.56. The Bertz CT molecular complexity index is 1130. The van der Waals surface area contributed by atoms with E-state index in [2.05, 4.69) is 20.0 Å².